The number of hydrogen-bond donors (Lipinski definition) is 1. The number of carbonyl (C=O) groups excluding carboxylic acids is 1. The number of thiophene rings is 1. The summed E-state index contributed by atoms with van der Waals surface area (Å²) in [7, 11) is 4.15. The molecule has 36 heavy (non-hydrogen) atoms. The summed E-state index contributed by atoms with van der Waals surface area (Å²) >= 11 is 1.66. The minimum atomic E-state index is -0.765. The van der Waals surface area contributed by atoms with Crippen LogP contribution in [0.1, 0.15) is 61.9 Å². The van der Waals surface area contributed by atoms with Crippen molar-refractivity contribution in [2.45, 2.75) is 57.3 Å². The quantitative estimate of drug-likeness (QED) is 0.270. The molecule has 0 radical (unpaired) electrons. The number of unbranched alkanes of at least 4 members (excludes halogenated alkanes) is 2. The molecule has 1 heterocycles. The molecular formula is C28H35B2NO4S. The average molecular weight is 503 g/mol. The molecule has 8 heteroatoms. The van der Waals surface area contributed by atoms with Crippen LogP contribution in [-0.2, 0) is 10.1 Å². The van der Waals surface area contributed by atoms with Gasteiger partial charge in [-0.1, -0.05) is 37.3 Å². The van der Waals surface area contributed by atoms with Gasteiger partial charge in [0.2, 0.25) is 0 Å². The van der Waals surface area contributed by atoms with Crippen LogP contribution in [0.3, 0.4) is 0 Å². The van der Waals surface area contributed by atoms with Crippen LogP contribution in [0.25, 0.3) is 11.1 Å². The van der Waals surface area contributed by atoms with Crippen molar-refractivity contribution in [1.82, 2.24) is 4.90 Å². The van der Waals surface area contributed by atoms with Gasteiger partial charge in [0.15, 0.2) is 0 Å². The third-order valence-electron chi connectivity index (χ3n) is 6.68. The smallest absolute Gasteiger partial charge is 0.303 e. The van der Waals surface area contributed by atoms with Crippen LogP contribution < -0.4 is 4.74 Å². The number of hydrogen-bond acceptors (Lipinski definition) is 4. The van der Waals surface area contributed by atoms with Gasteiger partial charge in [-0.2, -0.15) is 11.3 Å². The van der Waals surface area contributed by atoms with E-state index in [1.807, 2.05) is 53.4 Å². The Morgan fingerprint density at radius 3 is 2.39 bits per heavy atom. The number of ether oxygens (including phenoxy) is 1. The second kappa shape index (κ2) is 12.8. The van der Waals surface area contributed by atoms with Crippen LogP contribution >= 0.6 is 11.3 Å². The number of carboxylic acid groups (broad SMARTS) is 1. The van der Waals surface area contributed by atoms with Gasteiger partial charge in [0.05, 0.1) is 6.61 Å². The first-order chi connectivity index (χ1) is 17.3. The molecule has 5 nitrogen and oxygen atoms in total. The van der Waals surface area contributed by atoms with Gasteiger partial charge < -0.3 is 14.7 Å². The van der Waals surface area contributed by atoms with Gasteiger partial charge in [0, 0.05) is 28.9 Å². The summed E-state index contributed by atoms with van der Waals surface area (Å²) in [6.45, 7) is 4.69. The number of nitrogens with zero attached hydrogens (tertiary/aromatic N) is 1. The van der Waals surface area contributed by atoms with E-state index in [-0.39, 0.29) is 18.4 Å². The summed E-state index contributed by atoms with van der Waals surface area (Å²) in [5, 5.41) is 12.4. The lowest BCUT2D eigenvalue weighted by atomic mass is 9.56. The van der Waals surface area contributed by atoms with Crippen LogP contribution in [0.2, 0.25) is 0 Å². The molecule has 1 amide bonds. The highest BCUT2D eigenvalue weighted by Crippen LogP contribution is 2.34. The second-order valence-electron chi connectivity index (χ2n) is 9.63. The maximum atomic E-state index is 13.9. The summed E-state index contributed by atoms with van der Waals surface area (Å²) in [5.41, 5.74) is 3.88. The molecule has 0 aliphatic carbocycles. The fraction of sp³-hybridized carbons (Fsp3) is 0.357. The fourth-order valence-corrected chi connectivity index (χ4v) is 5.19. The molecular weight excluding hydrogens is 468 g/mol. The Hall–Kier alpha value is -2.99. The van der Waals surface area contributed by atoms with Crippen LogP contribution in [0.5, 0.6) is 5.75 Å². The van der Waals surface area contributed by atoms with E-state index in [2.05, 4.69) is 46.4 Å². The number of amides is 1. The lowest BCUT2D eigenvalue weighted by molar-refractivity contribution is -0.137. The molecule has 0 saturated heterocycles. The van der Waals surface area contributed by atoms with Gasteiger partial charge in [0.25, 0.3) is 5.91 Å². The number of rotatable bonds is 13. The molecule has 0 bridgehead atoms. The zero-order chi connectivity index (χ0) is 26.1. The van der Waals surface area contributed by atoms with E-state index >= 15 is 0 Å². The number of para-hydroxylation sites is 1. The van der Waals surface area contributed by atoms with E-state index in [9.17, 15) is 9.59 Å². The summed E-state index contributed by atoms with van der Waals surface area (Å²) in [5.74, 6) is -0.0109. The first kappa shape index (κ1) is 27.6. The first-order valence-electron chi connectivity index (χ1n) is 12.7. The molecule has 0 spiro atoms. The topological polar surface area (TPSA) is 66.8 Å². The highest BCUT2D eigenvalue weighted by molar-refractivity contribution is 7.08. The first-order valence-corrected chi connectivity index (χ1v) is 13.6. The van der Waals surface area contributed by atoms with Gasteiger partial charge in [0.1, 0.15) is 21.4 Å². The van der Waals surface area contributed by atoms with E-state index in [0.29, 0.717) is 18.6 Å². The van der Waals surface area contributed by atoms with Crippen molar-refractivity contribution in [1.29, 1.82) is 0 Å². The van der Waals surface area contributed by atoms with E-state index in [1.54, 1.807) is 11.3 Å². The Bertz CT molecular complexity index is 1130. The standard InChI is InChI=1S/C28H35B2NO4S/c1-3-20(2)31(27(34)22-14-12-21(13-15-22)23-16-18-36-19-23)28(29,30)24-9-6-7-10-25(24)35-17-8-4-5-11-26(32)33/h6-7,9-10,12-16,18-20H,3-5,8,11,17,29-30H2,1-2H3,(H,32,33). The molecule has 1 unspecified atom stereocenters. The number of benzene rings is 2. The molecule has 3 rings (SSSR count). The molecule has 188 valence electrons. The predicted molar refractivity (Wildman–Crippen MR) is 152 cm³/mol. The lowest BCUT2D eigenvalue weighted by Gasteiger charge is -2.44. The van der Waals surface area contributed by atoms with Crippen molar-refractivity contribution in [3.8, 4) is 16.9 Å². The van der Waals surface area contributed by atoms with Gasteiger partial charge in [-0.3, -0.25) is 9.59 Å². The zero-order valence-corrected chi connectivity index (χ0v) is 22.5. The SMILES string of the molecule is BC(B)(c1ccccc1OCCCCCC(=O)O)N(C(=O)c1ccc(-c2ccsc2)cc1)C(C)CC. The Morgan fingerprint density at radius 2 is 1.75 bits per heavy atom. The molecule has 1 atom stereocenters. The highest BCUT2D eigenvalue weighted by atomic mass is 32.1. The van der Waals surface area contributed by atoms with Crippen molar-refractivity contribution in [3.05, 3.63) is 76.5 Å². The highest BCUT2D eigenvalue weighted by Gasteiger charge is 2.37. The third kappa shape index (κ3) is 6.82. The number of aliphatic carboxylic acids is 1. The van der Waals surface area contributed by atoms with Gasteiger partial charge in [-0.05, 0) is 78.8 Å². The molecule has 0 fully saturated rings. The maximum Gasteiger partial charge on any atom is 0.303 e. The van der Waals surface area contributed by atoms with Crippen molar-refractivity contribution in [2.24, 2.45) is 0 Å². The number of carboxylic acids is 1. The van der Waals surface area contributed by atoms with Crippen LogP contribution in [0, 0.1) is 0 Å². The molecule has 2 aromatic carbocycles. The minimum Gasteiger partial charge on any atom is -0.493 e. The monoisotopic (exact) mass is 503 g/mol. The van der Waals surface area contributed by atoms with Crippen molar-refractivity contribution in [2.75, 3.05) is 6.61 Å². The summed E-state index contributed by atoms with van der Waals surface area (Å²) in [6, 6.07) is 17.9. The van der Waals surface area contributed by atoms with Crippen LogP contribution in [0.15, 0.2) is 65.4 Å². The molecule has 1 N–H and O–H groups in total. The van der Waals surface area contributed by atoms with Gasteiger partial charge in [-0.15, -0.1) is 0 Å². The molecule has 0 aliphatic heterocycles. The van der Waals surface area contributed by atoms with Crippen LogP contribution in [-0.4, -0.2) is 50.2 Å². The Morgan fingerprint density at radius 1 is 1.03 bits per heavy atom. The Balaban J connectivity index is 1.81. The van der Waals surface area contributed by atoms with E-state index in [0.717, 1.165) is 41.7 Å². The van der Waals surface area contributed by atoms with E-state index in [4.69, 9.17) is 9.84 Å². The molecule has 0 aliphatic rings. The van der Waals surface area contributed by atoms with E-state index < -0.39 is 11.3 Å². The van der Waals surface area contributed by atoms with Gasteiger partial charge in [-0.25, -0.2) is 0 Å². The molecule has 3 aromatic rings. The Labute approximate surface area is 220 Å². The summed E-state index contributed by atoms with van der Waals surface area (Å²) in [6.07, 6.45) is 3.25. The Kier molecular flexibility index (Phi) is 9.82. The lowest BCUT2D eigenvalue weighted by Crippen LogP contribution is -2.54. The predicted octanol–water partition coefficient (Wildman–Crippen LogP) is 4.76. The van der Waals surface area contributed by atoms with Crippen molar-refractivity contribution < 1.29 is 19.4 Å². The summed E-state index contributed by atoms with van der Waals surface area (Å²) < 4.78 is 6.15. The maximum absolute atomic E-state index is 13.9. The number of carbonyl (C=O) groups is 2. The van der Waals surface area contributed by atoms with Crippen molar-refractivity contribution >= 4 is 38.9 Å². The normalized spacial score (nSPS) is 12.2. The second-order valence-corrected chi connectivity index (χ2v) is 10.4. The largest absolute Gasteiger partial charge is 0.493 e. The van der Waals surface area contributed by atoms with Crippen LogP contribution in [0.4, 0.5) is 0 Å². The zero-order valence-electron chi connectivity index (χ0n) is 21.7. The van der Waals surface area contributed by atoms with Gasteiger partial charge >= 0.3 is 5.97 Å². The average Bonchev–Trinajstić information content (AvgIpc) is 3.41. The minimum absolute atomic E-state index is 0.00491. The van der Waals surface area contributed by atoms with Crippen molar-refractivity contribution in [3.63, 3.8) is 0 Å². The molecule has 1 aromatic heterocycles. The fourth-order valence-electron chi connectivity index (χ4n) is 4.53. The molecule has 0 saturated carbocycles. The van der Waals surface area contributed by atoms with E-state index in [1.165, 1.54) is 0 Å². The third-order valence-corrected chi connectivity index (χ3v) is 7.36. The summed E-state index contributed by atoms with van der Waals surface area (Å²) in [4.78, 5) is 26.6.